The maximum atomic E-state index is 11.4. The Balaban J connectivity index is 1.13. The molecule has 31 heteroatoms. The van der Waals surface area contributed by atoms with Gasteiger partial charge in [-0.1, -0.05) is 0 Å². The molecule has 0 unspecified atom stereocenters. The predicted molar refractivity (Wildman–Crippen MR) is 199 cm³/mol. The third-order valence-corrected chi connectivity index (χ3v) is 12.4. The molecular formula is C36H62O31. The van der Waals surface area contributed by atoms with Gasteiger partial charge in [-0.2, -0.15) is 0 Å². The van der Waals surface area contributed by atoms with Crippen LogP contribution in [0.1, 0.15) is 0 Å². The van der Waals surface area contributed by atoms with Gasteiger partial charge >= 0.3 is 0 Å². The molecule has 6 rings (SSSR count). The van der Waals surface area contributed by atoms with Crippen molar-refractivity contribution in [2.45, 2.75) is 184 Å². The van der Waals surface area contributed by atoms with Gasteiger partial charge in [-0.05, 0) is 0 Å². The van der Waals surface area contributed by atoms with Crippen LogP contribution in [0.15, 0.2) is 0 Å². The summed E-state index contributed by atoms with van der Waals surface area (Å²) in [5.41, 5.74) is 0. The van der Waals surface area contributed by atoms with E-state index in [0.717, 1.165) is 0 Å². The average Bonchev–Trinajstić information content (AvgIpc) is 3.31. The van der Waals surface area contributed by atoms with E-state index in [-0.39, 0.29) is 0 Å². The Hall–Kier alpha value is -1.24. The number of rotatable bonds is 16. The summed E-state index contributed by atoms with van der Waals surface area (Å²) in [7, 11) is 0. The zero-order valence-electron chi connectivity index (χ0n) is 35.0. The molecule has 20 N–H and O–H groups in total. The zero-order chi connectivity index (χ0) is 49.3. The van der Waals surface area contributed by atoms with Crippen LogP contribution in [-0.4, -0.2) is 326 Å². The quantitative estimate of drug-likeness (QED) is 0.0683. The molecule has 0 aromatic heterocycles. The Kier molecular flexibility index (Phi) is 19.4. The van der Waals surface area contributed by atoms with E-state index in [1.807, 2.05) is 0 Å². The van der Waals surface area contributed by atoms with Gasteiger partial charge in [0.1, 0.15) is 146 Å². The van der Waals surface area contributed by atoms with Gasteiger partial charge in [0.2, 0.25) is 0 Å². The van der Waals surface area contributed by atoms with E-state index in [0.29, 0.717) is 0 Å². The maximum absolute atomic E-state index is 11.4. The van der Waals surface area contributed by atoms with Gasteiger partial charge in [0.25, 0.3) is 0 Å². The molecular weight excluding hydrogens is 928 g/mol. The minimum atomic E-state index is -2.18. The molecule has 0 aromatic rings. The molecule has 0 amide bonds. The van der Waals surface area contributed by atoms with Crippen molar-refractivity contribution in [2.24, 2.45) is 0 Å². The molecule has 31 nitrogen and oxygen atoms in total. The van der Waals surface area contributed by atoms with Crippen molar-refractivity contribution in [2.75, 3.05) is 39.6 Å². The average molecular weight is 991 g/mol. The second kappa shape index (κ2) is 23.5. The fraction of sp³-hybridized carbons (Fsp3) is 1.00. The molecule has 6 saturated heterocycles. The molecule has 6 fully saturated rings. The van der Waals surface area contributed by atoms with Crippen LogP contribution in [0.2, 0.25) is 0 Å². The van der Waals surface area contributed by atoms with Crippen molar-refractivity contribution in [1.29, 1.82) is 0 Å². The minimum Gasteiger partial charge on any atom is -0.394 e. The highest BCUT2D eigenvalue weighted by molar-refractivity contribution is 4.98. The topological polar surface area (TPSA) is 506 Å². The first-order valence-corrected chi connectivity index (χ1v) is 21.1. The van der Waals surface area contributed by atoms with E-state index in [1.165, 1.54) is 0 Å². The molecule has 0 aliphatic carbocycles. The van der Waals surface area contributed by atoms with Crippen LogP contribution in [0.4, 0.5) is 0 Å². The first kappa shape index (κ1) is 55.1. The lowest BCUT2D eigenvalue weighted by atomic mass is 9.96. The van der Waals surface area contributed by atoms with Gasteiger partial charge in [0.05, 0.1) is 39.6 Å². The molecule has 6 aliphatic heterocycles. The Labute approximate surface area is 378 Å². The highest BCUT2D eigenvalue weighted by atomic mass is 16.8. The van der Waals surface area contributed by atoms with E-state index >= 15 is 0 Å². The Morgan fingerprint density at radius 1 is 0.254 bits per heavy atom. The lowest BCUT2D eigenvalue weighted by Crippen LogP contribution is -2.67. The Morgan fingerprint density at radius 3 is 0.925 bits per heavy atom. The van der Waals surface area contributed by atoms with Crippen molar-refractivity contribution in [3.05, 3.63) is 0 Å². The number of aliphatic hydroxyl groups is 20. The van der Waals surface area contributed by atoms with Gasteiger partial charge in [-0.25, -0.2) is 0 Å². The van der Waals surface area contributed by atoms with Crippen molar-refractivity contribution >= 4 is 0 Å². The maximum Gasteiger partial charge on any atom is 0.187 e. The summed E-state index contributed by atoms with van der Waals surface area (Å²) in [4.78, 5) is 0. The molecule has 6 aliphatic rings. The van der Waals surface area contributed by atoms with E-state index in [9.17, 15) is 102 Å². The number of hydrogen-bond acceptors (Lipinski definition) is 31. The summed E-state index contributed by atoms with van der Waals surface area (Å²) >= 11 is 0. The van der Waals surface area contributed by atoms with Crippen LogP contribution in [0, 0.1) is 0 Å². The second-order valence-electron chi connectivity index (χ2n) is 16.9. The summed E-state index contributed by atoms with van der Waals surface area (Å²) in [5, 5.41) is 209. The van der Waals surface area contributed by atoms with Gasteiger partial charge in [0.15, 0.2) is 37.7 Å². The molecule has 6 heterocycles. The smallest absolute Gasteiger partial charge is 0.187 e. The van der Waals surface area contributed by atoms with Crippen LogP contribution >= 0.6 is 0 Å². The van der Waals surface area contributed by atoms with Crippen molar-refractivity contribution in [3.63, 3.8) is 0 Å². The largest absolute Gasteiger partial charge is 0.394 e. The van der Waals surface area contributed by atoms with Crippen molar-refractivity contribution in [1.82, 2.24) is 0 Å². The lowest BCUT2D eigenvalue weighted by molar-refractivity contribution is -0.384. The van der Waals surface area contributed by atoms with E-state index in [1.54, 1.807) is 0 Å². The van der Waals surface area contributed by atoms with Gasteiger partial charge < -0.3 is 154 Å². The first-order chi connectivity index (χ1) is 31.6. The van der Waals surface area contributed by atoms with Gasteiger partial charge in [-0.15, -0.1) is 0 Å². The standard InChI is InChI=1S/C36H62O31/c37-1-7-13(40)19(46)23(50)32(61-7)57-4-10-15(42)21(48)24(51)33(63-10)58-5-11-16(43)22(49)25(52)34(64-11)59-6-12-18(45)30(67-35-26(53)20(47)14(41)8(2-38)62-35)28(55)36(65-12)66-29-17(44)9(3-39)60-31(56)27(29)54/h7-56H,1-6H2/t7-,8-,9-,10-,11-,12-,13+,14+,15+,16+,17+,18+,19+,20+,21+,22+,23-,24-,25-,26-,27-,28-,29+,30+,31-,32-,33-,34-,35+,36+/m1/s1. The van der Waals surface area contributed by atoms with Crippen LogP contribution in [0.5, 0.6) is 0 Å². The zero-order valence-corrected chi connectivity index (χ0v) is 35.0. The highest BCUT2D eigenvalue weighted by Gasteiger charge is 2.55. The summed E-state index contributed by atoms with van der Waals surface area (Å²) in [6.07, 6.45) is -56.5. The van der Waals surface area contributed by atoms with Crippen molar-refractivity contribution in [3.8, 4) is 0 Å². The monoisotopic (exact) mass is 990 g/mol. The van der Waals surface area contributed by atoms with Crippen molar-refractivity contribution < 1.29 is 154 Å². The van der Waals surface area contributed by atoms with Crippen LogP contribution in [-0.2, 0) is 52.1 Å². The SMILES string of the molecule is OC[C@H]1O[C@@H](OC[C@H]2O[C@@H](OC[C@H]3O[C@@H](OC[C@H]4O[C@@H](O[C@@H]5[C@@H](O)[C@H](O)O[C@H](CO)[C@@H]5O)[C@H](O)[C@@H](O[C@@H]5O[C@H](CO)[C@H](O)[C@H](O)[C@H]5O)[C@H]4O)[C@H](O)[C@@H](O)[C@H]3O)[C@H](O)[C@@H](O)[C@H]2O)[C@H](O)[C@@H](O)[C@H]1O. The Morgan fingerprint density at radius 2 is 0.522 bits per heavy atom. The predicted octanol–water partition coefficient (Wildman–Crippen LogP) is -14.1. The summed E-state index contributed by atoms with van der Waals surface area (Å²) in [5.74, 6) is 0. The van der Waals surface area contributed by atoms with Crippen LogP contribution in [0.25, 0.3) is 0 Å². The minimum absolute atomic E-state index is 0.718. The Bertz CT molecular complexity index is 1510. The van der Waals surface area contributed by atoms with Crippen LogP contribution < -0.4 is 0 Å². The molecule has 392 valence electrons. The summed E-state index contributed by atoms with van der Waals surface area (Å²) < 4.78 is 60.2. The lowest BCUT2D eigenvalue weighted by Gasteiger charge is -2.48. The third kappa shape index (κ3) is 11.7. The first-order valence-electron chi connectivity index (χ1n) is 21.1. The fourth-order valence-electron chi connectivity index (χ4n) is 8.19. The molecule has 30 atom stereocenters. The second-order valence-corrected chi connectivity index (χ2v) is 16.9. The number of hydrogen-bond donors (Lipinski definition) is 20. The fourth-order valence-corrected chi connectivity index (χ4v) is 8.19. The van der Waals surface area contributed by atoms with Gasteiger partial charge in [-0.3, -0.25) is 0 Å². The summed E-state index contributed by atoms with van der Waals surface area (Å²) in [6, 6.07) is 0. The highest BCUT2D eigenvalue weighted by Crippen LogP contribution is 2.34. The normalized spacial score (nSPS) is 53.4. The molecule has 0 aromatic carbocycles. The summed E-state index contributed by atoms with van der Waals surface area (Å²) in [6.45, 7) is -5.05. The number of aliphatic hydroxyl groups excluding tert-OH is 20. The molecule has 0 spiro atoms. The van der Waals surface area contributed by atoms with Crippen LogP contribution in [0.3, 0.4) is 0 Å². The molecule has 0 radical (unpaired) electrons. The van der Waals surface area contributed by atoms with E-state index in [4.69, 9.17) is 52.1 Å². The van der Waals surface area contributed by atoms with Gasteiger partial charge in [0, 0.05) is 0 Å². The number of ether oxygens (including phenoxy) is 11. The van der Waals surface area contributed by atoms with E-state index < -0.39 is 224 Å². The molecule has 0 saturated carbocycles. The van der Waals surface area contributed by atoms with E-state index in [2.05, 4.69) is 0 Å². The molecule has 0 bridgehead atoms. The molecule has 67 heavy (non-hydrogen) atoms. The third-order valence-electron chi connectivity index (χ3n) is 12.4.